The van der Waals surface area contributed by atoms with Crippen molar-refractivity contribution in [2.45, 2.75) is 64.7 Å². The predicted molar refractivity (Wildman–Crippen MR) is 81.5 cm³/mol. The van der Waals surface area contributed by atoms with Gasteiger partial charge in [0.25, 0.3) is 0 Å². The van der Waals surface area contributed by atoms with Crippen molar-refractivity contribution in [3.8, 4) is 0 Å². The number of unbranched alkanes of at least 4 members (excludes halogenated alkanes) is 8. The molecule has 1 rings (SSSR count). The zero-order valence-corrected chi connectivity index (χ0v) is 11.8. The predicted octanol–water partition coefficient (Wildman–Crippen LogP) is 6.03. The maximum Gasteiger partial charge on any atom is -0.0178 e. The van der Waals surface area contributed by atoms with Gasteiger partial charge < -0.3 is 0 Å². The molecule has 1 aromatic rings. The zero-order valence-electron chi connectivity index (χ0n) is 11.8. The van der Waals surface area contributed by atoms with Crippen molar-refractivity contribution in [1.29, 1.82) is 0 Å². The molecule has 0 nitrogen and oxygen atoms in total. The SMILES string of the molecule is CCCCCCCCCCC=Cc1c[c]ccc1. The van der Waals surface area contributed by atoms with Gasteiger partial charge in [0, 0.05) is 0 Å². The third-order valence-corrected chi connectivity index (χ3v) is 3.27. The molecule has 0 heterocycles. The number of allylic oxidation sites excluding steroid dienone is 1. The van der Waals surface area contributed by atoms with E-state index in [1.165, 1.54) is 63.4 Å². The van der Waals surface area contributed by atoms with Crippen molar-refractivity contribution < 1.29 is 0 Å². The Labute approximate surface area is 113 Å². The van der Waals surface area contributed by atoms with Gasteiger partial charge in [-0.15, -0.1) is 0 Å². The minimum Gasteiger partial charge on any atom is -0.0839 e. The second-order valence-corrected chi connectivity index (χ2v) is 5.00. The summed E-state index contributed by atoms with van der Waals surface area (Å²) in [6, 6.07) is 11.2. The van der Waals surface area contributed by atoms with Crippen molar-refractivity contribution in [1.82, 2.24) is 0 Å². The summed E-state index contributed by atoms with van der Waals surface area (Å²) in [6.45, 7) is 2.27. The summed E-state index contributed by atoms with van der Waals surface area (Å²) in [6.07, 6.45) is 16.9. The molecule has 0 atom stereocenters. The van der Waals surface area contributed by atoms with Gasteiger partial charge in [-0.2, -0.15) is 0 Å². The topological polar surface area (TPSA) is 0 Å². The van der Waals surface area contributed by atoms with Gasteiger partial charge in [-0.1, -0.05) is 82.2 Å². The molecule has 0 aromatic heterocycles. The summed E-state index contributed by atoms with van der Waals surface area (Å²) in [5.74, 6) is 0. The van der Waals surface area contributed by atoms with Crippen LogP contribution in [0.3, 0.4) is 0 Å². The zero-order chi connectivity index (χ0) is 12.9. The van der Waals surface area contributed by atoms with Gasteiger partial charge in [0.1, 0.15) is 0 Å². The highest BCUT2D eigenvalue weighted by atomic mass is 14.0. The van der Waals surface area contributed by atoms with Crippen LogP contribution in [0.15, 0.2) is 30.3 Å². The highest BCUT2D eigenvalue weighted by Crippen LogP contribution is 2.10. The van der Waals surface area contributed by atoms with Crippen LogP contribution in [0.2, 0.25) is 0 Å². The van der Waals surface area contributed by atoms with E-state index in [0.717, 1.165) is 0 Å². The van der Waals surface area contributed by atoms with Gasteiger partial charge in [0.15, 0.2) is 0 Å². The highest BCUT2D eigenvalue weighted by Gasteiger charge is 1.90. The Kier molecular flexibility index (Phi) is 9.24. The summed E-state index contributed by atoms with van der Waals surface area (Å²) in [4.78, 5) is 0. The van der Waals surface area contributed by atoms with Crippen LogP contribution < -0.4 is 0 Å². The van der Waals surface area contributed by atoms with Crippen molar-refractivity contribution >= 4 is 6.08 Å². The number of rotatable bonds is 10. The lowest BCUT2D eigenvalue weighted by atomic mass is 10.1. The minimum atomic E-state index is 1.21. The molecule has 1 radical (unpaired) electrons. The van der Waals surface area contributed by atoms with Crippen molar-refractivity contribution in [3.63, 3.8) is 0 Å². The molecule has 0 aliphatic carbocycles. The van der Waals surface area contributed by atoms with Gasteiger partial charge in [-0.3, -0.25) is 0 Å². The Hall–Kier alpha value is -1.04. The summed E-state index contributed by atoms with van der Waals surface area (Å²) in [5, 5.41) is 0. The molecule has 0 heteroatoms. The van der Waals surface area contributed by atoms with Gasteiger partial charge in [-0.05, 0) is 30.5 Å². The molecule has 0 spiro atoms. The minimum absolute atomic E-state index is 1.21. The fourth-order valence-electron chi connectivity index (χ4n) is 2.13. The number of hydrogen-bond acceptors (Lipinski definition) is 0. The van der Waals surface area contributed by atoms with Crippen LogP contribution in [-0.4, -0.2) is 0 Å². The van der Waals surface area contributed by atoms with E-state index in [1.807, 2.05) is 18.2 Å². The molecule has 1 aromatic carbocycles. The molecular weight excluding hydrogens is 216 g/mol. The van der Waals surface area contributed by atoms with Gasteiger partial charge >= 0.3 is 0 Å². The van der Waals surface area contributed by atoms with Crippen molar-refractivity contribution in [3.05, 3.63) is 42.0 Å². The smallest absolute Gasteiger partial charge is 0.0178 e. The Morgan fingerprint density at radius 3 is 2.39 bits per heavy atom. The van der Waals surface area contributed by atoms with E-state index in [4.69, 9.17) is 0 Å². The molecular formula is C18H27. The monoisotopic (exact) mass is 243 g/mol. The average molecular weight is 243 g/mol. The largest absolute Gasteiger partial charge is 0.0839 e. The second kappa shape index (κ2) is 11.1. The average Bonchev–Trinajstić information content (AvgIpc) is 2.42. The third kappa shape index (κ3) is 8.11. The molecule has 18 heavy (non-hydrogen) atoms. The highest BCUT2D eigenvalue weighted by molar-refractivity contribution is 5.48. The molecule has 99 valence electrons. The Morgan fingerprint density at radius 2 is 1.72 bits per heavy atom. The van der Waals surface area contributed by atoms with Crippen LogP contribution in [0.1, 0.15) is 70.3 Å². The summed E-state index contributed by atoms with van der Waals surface area (Å²) in [5.41, 5.74) is 1.26. The Balaban J connectivity index is 1.91. The van der Waals surface area contributed by atoms with Crippen LogP contribution in [-0.2, 0) is 0 Å². The first-order chi connectivity index (χ1) is 8.93. The molecule has 0 saturated carbocycles. The standard InChI is InChI=1S/C18H27/c1-2-3-4-5-6-7-8-9-10-12-15-18-16-13-11-14-17-18/h11-13,15-17H,2-10H2,1H3. The molecule has 0 fully saturated rings. The van der Waals surface area contributed by atoms with Crippen molar-refractivity contribution in [2.24, 2.45) is 0 Å². The van der Waals surface area contributed by atoms with E-state index in [-0.39, 0.29) is 0 Å². The van der Waals surface area contributed by atoms with Crippen LogP contribution in [0.25, 0.3) is 6.08 Å². The van der Waals surface area contributed by atoms with Gasteiger partial charge in [0.2, 0.25) is 0 Å². The lowest BCUT2D eigenvalue weighted by molar-refractivity contribution is 0.578. The maximum atomic E-state index is 3.10. The van der Waals surface area contributed by atoms with Crippen LogP contribution in [0.4, 0.5) is 0 Å². The molecule has 0 saturated heterocycles. The summed E-state index contributed by atoms with van der Waals surface area (Å²) < 4.78 is 0. The molecule has 0 amide bonds. The Bertz CT molecular complexity index is 297. The quantitative estimate of drug-likeness (QED) is 0.440. The van der Waals surface area contributed by atoms with Gasteiger partial charge in [-0.25, -0.2) is 0 Å². The first kappa shape index (κ1) is 15.0. The molecule has 0 N–H and O–H groups in total. The van der Waals surface area contributed by atoms with Crippen molar-refractivity contribution in [2.75, 3.05) is 0 Å². The molecule has 0 unspecified atom stereocenters. The lowest BCUT2D eigenvalue weighted by Gasteiger charge is -1.99. The molecule has 0 bridgehead atoms. The van der Waals surface area contributed by atoms with E-state index >= 15 is 0 Å². The van der Waals surface area contributed by atoms with E-state index in [0.29, 0.717) is 0 Å². The van der Waals surface area contributed by atoms with E-state index in [9.17, 15) is 0 Å². The van der Waals surface area contributed by atoms with E-state index in [2.05, 4.69) is 31.2 Å². The fraction of sp³-hybridized carbons (Fsp3) is 0.556. The number of benzene rings is 1. The normalized spacial score (nSPS) is 11.2. The van der Waals surface area contributed by atoms with Crippen LogP contribution >= 0.6 is 0 Å². The van der Waals surface area contributed by atoms with Crippen LogP contribution in [0.5, 0.6) is 0 Å². The third-order valence-electron chi connectivity index (χ3n) is 3.27. The fourth-order valence-corrected chi connectivity index (χ4v) is 2.13. The first-order valence-electron chi connectivity index (χ1n) is 7.56. The van der Waals surface area contributed by atoms with Gasteiger partial charge in [0.05, 0.1) is 0 Å². The lowest BCUT2D eigenvalue weighted by Crippen LogP contribution is -1.80. The Morgan fingerprint density at radius 1 is 1.00 bits per heavy atom. The molecule has 0 aliphatic heterocycles. The molecule has 0 aliphatic rings. The second-order valence-electron chi connectivity index (χ2n) is 5.00. The number of hydrogen-bond donors (Lipinski definition) is 0. The summed E-state index contributed by atoms with van der Waals surface area (Å²) >= 11 is 0. The summed E-state index contributed by atoms with van der Waals surface area (Å²) in [7, 11) is 0. The van der Waals surface area contributed by atoms with E-state index < -0.39 is 0 Å². The van der Waals surface area contributed by atoms with E-state index in [1.54, 1.807) is 0 Å². The van der Waals surface area contributed by atoms with Crippen LogP contribution in [0, 0.1) is 6.07 Å². The maximum absolute atomic E-state index is 3.10. The first-order valence-corrected chi connectivity index (χ1v) is 7.56.